The number of nitrogens with zero attached hydrogens (tertiary/aromatic N) is 3. The predicted molar refractivity (Wildman–Crippen MR) is 99.7 cm³/mol. The monoisotopic (exact) mass is 391 g/mol. The van der Waals surface area contributed by atoms with E-state index in [0.717, 1.165) is 5.52 Å². The van der Waals surface area contributed by atoms with Crippen LogP contribution in [-0.4, -0.2) is 29.1 Å². The Kier molecular flexibility index (Phi) is 5.46. The van der Waals surface area contributed by atoms with Crippen molar-refractivity contribution >= 4 is 44.7 Å². The summed E-state index contributed by atoms with van der Waals surface area (Å²) in [6, 6.07) is 11.0. The molecule has 0 aliphatic heterocycles. The number of hydrogen-bond acceptors (Lipinski definition) is 5. The quantitative estimate of drug-likeness (QED) is 0.490. The predicted octanol–water partition coefficient (Wildman–Crippen LogP) is 3.65. The minimum atomic E-state index is -0.450. The number of rotatable bonds is 5. The highest BCUT2D eigenvalue weighted by molar-refractivity contribution is 7.16. The van der Waals surface area contributed by atoms with Gasteiger partial charge < -0.3 is 9.30 Å². The van der Waals surface area contributed by atoms with Crippen LogP contribution in [0.4, 0.5) is 5.69 Å². The molecule has 1 amide bonds. The lowest BCUT2D eigenvalue weighted by Crippen LogP contribution is -2.19. The van der Waals surface area contributed by atoms with Crippen LogP contribution in [0.2, 0.25) is 5.02 Å². The van der Waals surface area contributed by atoms with Crippen LogP contribution in [0.25, 0.3) is 10.2 Å². The Hall–Kier alpha value is -2.55. The largest absolute Gasteiger partial charge is 0.383 e. The molecule has 1 heterocycles. The zero-order valence-electron chi connectivity index (χ0n) is 13.7. The van der Waals surface area contributed by atoms with Gasteiger partial charge in [0.05, 0.1) is 21.7 Å². The number of non-ortho nitro benzene ring substituents is 1. The molecule has 0 fully saturated rings. The standard InChI is InChI=1S/C17H14ClN3O4S/c1-25-9-8-20-14-7-6-13(21(23)24)10-15(14)26-17(20)19-16(22)11-2-4-12(18)5-3-11/h2-7,10H,8-9H2,1H3. The third-order valence-corrected chi connectivity index (χ3v) is 4.98. The number of thiazole rings is 1. The van der Waals surface area contributed by atoms with Gasteiger partial charge in [-0.25, -0.2) is 0 Å². The van der Waals surface area contributed by atoms with E-state index in [9.17, 15) is 14.9 Å². The average molecular weight is 392 g/mol. The van der Waals surface area contributed by atoms with Crippen molar-refractivity contribution in [2.24, 2.45) is 4.99 Å². The summed E-state index contributed by atoms with van der Waals surface area (Å²) in [7, 11) is 1.58. The number of hydrogen-bond donors (Lipinski definition) is 0. The molecule has 1 aromatic heterocycles. The van der Waals surface area contributed by atoms with E-state index < -0.39 is 10.8 Å². The van der Waals surface area contributed by atoms with Crippen molar-refractivity contribution in [2.45, 2.75) is 6.54 Å². The second-order valence-electron chi connectivity index (χ2n) is 5.36. The molecular formula is C17H14ClN3O4S. The summed E-state index contributed by atoms with van der Waals surface area (Å²) in [6.07, 6.45) is 0. The molecule has 7 nitrogen and oxygen atoms in total. The highest BCUT2D eigenvalue weighted by Gasteiger charge is 2.13. The maximum atomic E-state index is 12.4. The molecular weight excluding hydrogens is 378 g/mol. The van der Waals surface area contributed by atoms with Gasteiger partial charge >= 0.3 is 0 Å². The zero-order chi connectivity index (χ0) is 18.7. The van der Waals surface area contributed by atoms with E-state index in [2.05, 4.69) is 4.99 Å². The van der Waals surface area contributed by atoms with Crippen molar-refractivity contribution in [1.29, 1.82) is 0 Å². The first-order chi connectivity index (χ1) is 12.5. The second-order valence-corrected chi connectivity index (χ2v) is 6.81. The highest BCUT2D eigenvalue weighted by Crippen LogP contribution is 2.23. The topological polar surface area (TPSA) is 86.7 Å². The van der Waals surface area contributed by atoms with Crippen LogP contribution in [0.3, 0.4) is 0 Å². The molecule has 3 rings (SSSR count). The molecule has 0 bridgehead atoms. The van der Waals surface area contributed by atoms with Gasteiger partial charge in [-0.15, -0.1) is 0 Å². The minimum absolute atomic E-state index is 0.00628. The molecule has 0 radical (unpaired) electrons. The van der Waals surface area contributed by atoms with Crippen molar-refractivity contribution in [3.63, 3.8) is 0 Å². The zero-order valence-corrected chi connectivity index (χ0v) is 15.3. The highest BCUT2D eigenvalue weighted by atomic mass is 35.5. The van der Waals surface area contributed by atoms with Crippen molar-refractivity contribution in [3.8, 4) is 0 Å². The Balaban J connectivity index is 2.11. The normalized spacial score (nSPS) is 11.8. The van der Waals surface area contributed by atoms with Gasteiger partial charge in [-0.05, 0) is 30.3 Å². The van der Waals surface area contributed by atoms with Gasteiger partial charge in [0.2, 0.25) is 0 Å². The van der Waals surface area contributed by atoms with Gasteiger partial charge in [0.15, 0.2) is 4.80 Å². The summed E-state index contributed by atoms with van der Waals surface area (Å²) >= 11 is 7.06. The Morgan fingerprint density at radius 1 is 1.31 bits per heavy atom. The molecule has 0 aliphatic rings. The van der Waals surface area contributed by atoms with Crippen molar-refractivity contribution in [1.82, 2.24) is 4.57 Å². The fourth-order valence-corrected chi connectivity index (χ4v) is 3.62. The number of ether oxygens (including phenoxy) is 1. The first kappa shape index (κ1) is 18.2. The lowest BCUT2D eigenvalue weighted by Gasteiger charge is -2.04. The van der Waals surface area contributed by atoms with Crippen LogP contribution >= 0.6 is 22.9 Å². The summed E-state index contributed by atoms with van der Waals surface area (Å²) in [5.41, 5.74) is 1.17. The van der Waals surface area contributed by atoms with Gasteiger partial charge in [-0.3, -0.25) is 14.9 Å². The van der Waals surface area contributed by atoms with Gasteiger partial charge in [0, 0.05) is 36.4 Å². The summed E-state index contributed by atoms with van der Waals surface area (Å²) in [4.78, 5) is 27.6. The molecule has 0 saturated carbocycles. The van der Waals surface area contributed by atoms with Crippen molar-refractivity contribution in [2.75, 3.05) is 13.7 Å². The molecule has 0 saturated heterocycles. The van der Waals surface area contributed by atoms with E-state index in [0.29, 0.717) is 33.2 Å². The Morgan fingerprint density at radius 3 is 2.69 bits per heavy atom. The Morgan fingerprint density at radius 2 is 2.04 bits per heavy atom. The van der Waals surface area contributed by atoms with Crippen molar-refractivity contribution in [3.05, 3.63) is 68.0 Å². The summed E-state index contributed by atoms with van der Waals surface area (Å²) in [5, 5.41) is 11.5. The van der Waals surface area contributed by atoms with E-state index in [1.807, 2.05) is 4.57 Å². The van der Waals surface area contributed by atoms with Gasteiger partial charge in [0.25, 0.3) is 11.6 Å². The number of carbonyl (C=O) groups excluding carboxylic acids is 1. The molecule has 0 atom stereocenters. The lowest BCUT2D eigenvalue weighted by molar-refractivity contribution is -0.384. The summed E-state index contributed by atoms with van der Waals surface area (Å²) in [6.45, 7) is 0.895. The molecule has 0 spiro atoms. The number of carbonyl (C=O) groups is 1. The number of amides is 1. The summed E-state index contributed by atoms with van der Waals surface area (Å²) < 4.78 is 7.62. The van der Waals surface area contributed by atoms with E-state index in [4.69, 9.17) is 16.3 Å². The Labute approximate surface area is 157 Å². The number of fused-ring (bicyclic) bond motifs is 1. The molecule has 3 aromatic rings. The van der Waals surface area contributed by atoms with E-state index >= 15 is 0 Å². The third-order valence-electron chi connectivity index (χ3n) is 3.68. The van der Waals surface area contributed by atoms with Crippen LogP contribution in [0.1, 0.15) is 10.4 Å². The SMILES string of the molecule is COCCn1c(=NC(=O)c2ccc(Cl)cc2)sc2cc([N+](=O)[O-])ccc21. The maximum Gasteiger partial charge on any atom is 0.279 e. The molecule has 26 heavy (non-hydrogen) atoms. The van der Waals surface area contributed by atoms with Gasteiger partial charge in [-0.1, -0.05) is 22.9 Å². The smallest absolute Gasteiger partial charge is 0.279 e. The molecule has 0 unspecified atom stereocenters. The maximum absolute atomic E-state index is 12.4. The first-order valence-corrected chi connectivity index (χ1v) is 8.80. The third kappa shape index (κ3) is 3.82. The molecule has 0 N–H and O–H groups in total. The number of aromatic nitrogens is 1. The summed E-state index contributed by atoms with van der Waals surface area (Å²) in [5.74, 6) is -0.408. The number of methoxy groups -OCH3 is 1. The lowest BCUT2D eigenvalue weighted by atomic mass is 10.2. The minimum Gasteiger partial charge on any atom is -0.383 e. The number of nitro benzene ring substituents is 1. The fraction of sp³-hybridized carbons (Fsp3) is 0.176. The van der Waals surface area contributed by atoms with Crippen molar-refractivity contribution < 1.29 is 14.5 Å². The first-order valence-electron chi connectivity index (χ1n) is 7.61. The fourth-order valence-electron chi connectivity index (χ4n) is 2.40. The van der Waals surface area contributed by atoms with Crippen LogP contribution in [0.5, 0.6) is 0 Å². The molecule has 9 heteroatoms. The number of halogens is 1. The van der Waals surface area contributed by atoms with Gasteiger partial charge in [-0.2, -0.15) is 4.99 Å². The number of benzene rings is 2. The Bertz CT molecular complexity index is 1040. The average Bonchev–Trinajstić information content (AvgIpc) is 2.96. The molecule has 134 valence electrons. The van der Waals surface area contributed by atoms with Gasteiger partial charge in [0.1, 0.15) is 0 Å². The molecule has 2 aromatic carbocycles. The van der Waals surface area contributed by atoms with Crippen LogP contribution in [0.15, 0.2) is 47.5 Å². The van der Waals surface area contributed by atoms with Crippen LogP contribution in [0, 0.1) is 10.1 Å². The van der Waals surface area contributed by atoms with E-state index in [-0.39, 0.29) is 5.69 Å². The number of nitro groups is 1. The van der Waals surface area contributed by atoms with E-state index in [1.165, 1.54) is 23.5 Å². The van der Waals surface area contributed by atoms with E-state index in [1.54, 1.807) is 37.4 Å². The second kappa shape index (κ2) is 7.77. The molecule has 0 aliphatic carbocycles. The van der Waals surface area contributed by atoms with Crippen LogP contribution in [-0.2, 0) is 11.3 Å². The van der Waals surface area contributed by atoms with Crippen LogP contribution < -0.4 is 4.80 Å².